The molecule has 0 saturated heterocycles. The van der Waals surface area contributed by atoms with Gasteiger partial charge in [0.25, 0.3) is 0 Å². The fraction of sp³-hybridized carbons (Fsp3) is 0. The van der Waals surface area contributed by atoms with Crippen LogP contribution in [0.25, 0.3) is 158 Å². The van der Waals surface area contributed by atoms with Crippen molar-refractivity contribution in [1.29, 1.82) is 0 Å². The molecule has 0 aliphatic heterocycles. The molecule has 0 unspecified atom stereocenters. The lowest BCUT2D eigenvalue weighted by atomic mass is 10.0. The summed E-state index contributed by atoms with van der Waals surface area (Å²) < 4.78 is 10.1. The molecule has 0 N–H and O–H groups in total. The lowest BCUT2D eigenvalue weighted by molar-refractivity contribution is 1.08. The molecule has 0 aliphatic carbocycles. The largest absolute Gasteiger partial charge is 0.309 e. The normalized spacial score (nSPS) is 12.7. The third kappa shape index (κ3) is 4.31. The Balaban J connectivity index is 0.915. The number of rotatable bonds is 5. The number of fused-ring (bicyclic) bond motifs is 6. The quantitative estimate of drug-likeness (QED) is 0.173. The molecule has 0 atom stereocenters. The maximum Gasteiger partial charge on any atom is 0.164 e. The third-order valence-corrected chi connectivity index (χ3v) is 16.0. The standard InChI is InChI=1S/C61H32N6S/c1-3-12-33(13-4-1)59-62-60(34-22-26-47-44(32-34)38-18-9-10-21-45(38)65(47)35-14-5-2-6-15-35)64-61(63-59)43-24-27-46(37-17-8-7-16-36(37)43)66-48-29-31-50-54-52(48)53-49(66)28-23-41-39-19-11-20-40-42-25-30-51(68-50)55(54)58(42)67(56(39)40)57(41)53/h1-32H. The number of para-hydroxylation sites is 3. The first-order chi connectivity index (χ1) is 33.7. The predicted molar refractivity (Wildman–Crippen MR) is 283 cm³/mol. The van der Waals surface area contributed by atoms with E-state index in [9.17, 15) is 0 Å². The van der Waals surface area contributed by atoms with Crippen LogP contribution >= 0.6 is 11.3 Å². The van der Waals surface area contributed by atoms with Crippen LogP contribution in [0.15, 0.2) is 194 Å². The van der Waals surface area contributed by atoms with Gasteiger partial charge in [-0.25, -0.2) is 15.0 Å². The van der Waals surface area contributed by atoms with Gasteiger partial charge in [-0.05, 0) is 78.2 Å². The van der Waals surface area contributed by atoms with Crippen molar-refractivity contribution < 1.29 is 0 Å². The van der Waals surface area contributed by atoms with Crippen molar-refractivity contribution in [3.8, 4) is 45.5 Å². The number of benzene rings is 10. The van der Waals surface area contributed by atoms with Crippen molar-refractivity contribution in [2.45, 2.75) is 0 Å². The molecule has 0 saturated carbocycles. The molecule has 7 heterocycles. The van der Waals surface area contributed by atoms with Gasteiger partial charge in [-0.15, -0.1) is 11.3 Å². The minimum Gasteiger partial charge on any atom is -0.309 e. The summed E-state index contributed by atoms with van der Waals surface area (Å²) in [4.78, 5) is 15.9. The average molecular weight is 881 g/mol. The molecular formula is C61H32N6S. The van der Waals surface area contributed by atoms with E-state index in [-0.39, 0.29) is 0 Å². The zero-order valence-electron chi connectivity index (χ0n) is 36.1. The van der Waals surface area contributed by atoms with Gasteiger partial charge in [0, 0.05) is 91.0 Å². The fourth-order valence-corrected chi connectivity index (χ4v) is 13.3. The maximum absolute atomic E-state index is 5.38. The molecule has 0 bridgehead atoms. The Labute approximate surface area is 390 Å². The molecule has 10 aromatic carbocycles. The molecular weight excluding hydrogens is 849 g/mol. The Bertz CT molecular complexity index is 4900. The van der Waals surface area contributed by atoms with E-state index in [0.717, 1.165) is 55.3 Å². The predicted octanol–water partition coefficient (Wildman–Crippen LogP) is 16.1. The summed E-state index contributed by atoms with van der Waals surface area (Å²) >= 11 is 1.91. The average Bonchev–Trinajstić information content (AvgIpc) is 4.19. The number of hydrogen-bond acceptors (Lipinski definition) is 4. The van der Waals surface area contributed by atoms with E-state index in [2.05, 4.69) is 189 Å². The summed E-state index contributed by atoms with van der Waals surface area (Å²) in [5, 5.41) is 15.2. The van der Waals surface area contributed by atoms with Gasteiger partial charge in [-0.3, -0.25) is 0 Å². The van der Waals surface area contributed by atoms with Crippen LogP contribution in [-0.4, -0.2) is 28.5 Å². The second-order valence-corrected chi connectivity index (χ2v) is 19.4. The van der Waals surface area contributed by atoms with Crippen LogP contribution in [0.4, 0.5) is 0 Å². The van der Waals surface area contributed by atoms with E-state index in [1.807, 2.05) is 29.5 Å². The van der Waals surface area contributed by atoms with Gasteiger partial charge in [0.1, 0.15) is 0 Å². The number of nitrogens with zero attached hydrogens (tertiary/aromatic N) is 6. The number of aromatic nitrogens is 6. The van der Waals surface area contributed by atoms with Gasteiger partial charge in [0.2, 0.25) is 0 Å². The Morgan fingerprint density at radius 2 is 0.912 bits per heavy atom. The lowest BCUT2D eigenvalue weighted by Crippen LogP contribution is -2.02. The number of thiophene rings is 1. The minimum absolute atomic E-state index is 0.631. The van der Waals surface area contributed by atoms with E-state index < -0.39 is 0 Å². The maximum atomic E-state index is 5.38. The van der Waals surface area contributed by atoms with Crippen molar-refractivity contribution in [2.75, 3.05) is 0 Å². The molecule has 0 spiro atoms. The minimum atomic E-state index is 0.631. The van der Waals surface area contributed by atoms with Crippen molar-refractivity contribution in [3.05, 3.63) is 194 Å². The van der Waals surface area contributed by atoms with E-state index in [4.69, 9.17) is 15.0 Å². The molecule has 0 aliphatic rings. The SMILES string of the molecule is c1ccc(-c2nc(-c3ccc4c(c3)c3ccccc3n4-c3ccccc3)nc(-c3ccc(-n4c5ccc6sc7ccc8c9cccc%10c%11ccc4c4c5c6c7c8n(c9%10)c%114)c4ccccc34)n2)cc1. The molecule has 7 heteroatoms. The van der Waals surface area contributed by atoms with Crippen LogP contribution in [0.1, 0.15) is 0 Å². The first-order valence-corrected chi connectivity index (χ1v) is 23.9. The van der Waals surface area contributed by atoms with Crippen LogP contribution in [0.5, 0.6) is 0 Å². The third-order valence-electron chi connectivity index (χ3n) is 14.9. The summed E-state index contributed by atoms with van der Waals surface area (Å²) in [6, 6.07) is 70.3. The second-order valence-electron chi connectivity index (χ2n) is 18.3. The molecule has 68 heavy (non-hydrogen) atoms. The second kappa shape index (κ2) is 12.5. The number of hydrogen-bond donors (Lipinski definition) is 0. The van der Waals surface area contributed by atoms with E-state index in [1.165, 1.54) is 85.5 Å². The zero-order valence-corrected chi connectivity index (χ0v) is 36.9. The van der Waals surface area contributed by atoms with E-state index >= 15 is 0 Å². The van der Waals surface area contributed by atoms with Crippen molar-refractivity contribution in [2.24, 2.45) is 0 Å². The molecule has 17 aromatic rings. The Hall–Kier alpha value is -8.91. The van der Waals surface area contributed by atoms with Crippen LogP contribution in [-0.2, 0) is 0 Å². The summed E-state index contributed by atoms with van der Waals surface area (Å²) in [6.45, 7) is 0. The molecule has 312 valence electrons. The topological polar surface area (TPSA) is 52.9 Å². The van der Waals surface area contributed by atoms with Gasteiger partial charge in [0.05, 0.1) is 44.3 Å². The Morgan fingerprint density at radius 1 is 0.324 bits per heavy atom. The molecule has 0 amide bonds. The fourth-order valence-electron chi connectivity index (χ4n) is 12.2. The first-order valence-electron chi connectivity index (χ1n) is 23.1. The van der Waals surface area contributed by atoms with Crippen LogP contribution in [0.3, 0.4) is 0 Å². The van der Waals surface area contributed by atoms with Crippen LogP contribution < -0.4 is 0 Å². The summed E-state index contributed by atoms with van der Waals surface area (Å²) in [6.07, 6.45) is 0. The Kier molecular flexibility index (Phi) is 6.50. The summed E-state index contributed by atoms with van der Waals surface area (Å²) in [5.41, 5.74) is 13.8. The van der Waals surface area contributed by atoms with Crippen LogP contribution in [0, 0.1) is 0 Å². The molecule has 6 nitrogen and oxygen atoms in total. The van der Waals surface area contributed by atoms with E-state index in [1.54, 1.807) is 0 Å². The van der Waals surface area contributed by atoms with Gasteiger partial charge >= 0.3 is 0 Å². The highest BCUT2D eigenvalue weighted by molar-refractivity contribution is 7.26. The van der Waals surface area contributed by atoms with Gasteiger partial charge in [0.15, 0.2) is 17.5 Å². The van der Waals surface area contributed by atoms with Crippen LogP contribution in [0.2, 0.25) is 0 Å². The van der Waals surface area contributed by atoms with Gasteiger partial charge in [-0.2, -0.15) is 0 Å². The summed E-state index contributed by atoms with van der Waals surface area (Å²) in [5.74, 6) is 1.90. The molecule has 17 rings (SSSR count). The Morgan fingerprint density at radius 3 is 1.75 bits per heavy atom. The smallest absolute Gasteiger partial charge is 0.164 e. The van der Waals surface area contributed by atoms with Crippen molar-refractivity contribution in [3.63, 3.8) is 0 Å². The van der Waals surface area contributed by atoms with Crippen molar-refractivity contribution >= 4 is 124 Å². The molecule has 7 aromatic heterocycles. The zero-order chi connectivity index (χ0) is 43.9. The highest BCUT2D eigenvalue weighted by atomic mass is 32.1. The highest BCUT2D eigenvalue weighted by Crippen LogP contribution is 2.53. The first kappa shape index (κ1) is 35.4. The molecule has 0 fully saturated rings. The summed E-state index contributed by atoms with van der Waals surface area (Å²) in [7, 11) is 0. The molecule has 0 radical (unpaired) electrons. The monoisotopic (exact) mass is 880 g/mol. The van der Waals surface area contributed by atoms with Gasteiger partial charge in [-0.1, -0.05) is 121 Å². The van der Waals surface area contributed by atoms with Gasteiger partial charge < -0.3 is 13.5 Å². The highest BCUT2D eigenvalue weighted by Gasteiger charge is 2.29. The lowest BCUT2D eigenvalue weighted by Gasteiger charge is -2.15. The van der Waals surface area contributed by atoms with Crippen molar-refractivity contribution in [1.82, 2.24) is 28.5 Å². The van der Waals surface area contributed by atoms with E-state index in [0.29, 0.717) is 17.5 Å².